The molecule has 0 saturated heterocycles. The number of rotatable bonds is 9. The Labute approximate surface area is 88.4 Å². The molecule has 0 bridgehead atoms. The first kappa shape index (κ1) is 13.0. The fraction of sp³-hybridized carbons (Fsp3) is 0.833. The van der Waals surface area contributed by atoms with Gasteiger partial charge in [-0.25, -0.2) is 0 Å². The van der Waals surface area contributed by atoms with E-state index >= 15 is 0 Å². The minimum absolute atomic E-state index is 0.830. The number of halogens is 1. The maximum Gasteiger partial charge on any atom is 0.0223 e. The molecule has 0 N–H and O–H groups in total. The van der Waals surface area contributed by atoms with Gasteiger partial charge < -0.3 is 0 Å². The van der Waals surface area contributed by atoms with Crippen LogP contribution in [0.3, 0.4) is 0 Å². The zero-order valence-electron chi connectivity index (χ0n) is 8.90. The molecule has 0 amide bonds. The molecule has 0 aliphatic heterocycles. The van der Waals surface area contributed by atoms with E-state index in [2.05, 4.69) is 19.1 Å². The van der Waals surface area contributed by atoms with Crippen LogP contribution in [0.1, 0.15) is 58.3 Å². The topological polar surface area (TPSA) is 0 Å². The van der Waals surface area contributed by atoms with Crippen LogP contribution in [0.15, 0.2) is 12.2 Å². The highest BCUT2D eigenvalue weighted by Gasteiger charge is 1.88. The summed E-state index contributed by atoms with van der Waals surface area (Å²) in [5, 5.41) is 0. The van der Waals surface area contributed by atoms with Gasteiger partial charge in [0.05, 0.1) is 0 Å². The van der Waals surface area contributed by atoms with Crippen LogP contribution < -0.4 is 0 Å². The van der Waals surface area contributed by atoms with Crippen molar-refractivity contribution in [2.75, 3.05) is 5.88 Å². The molecule has 0 unspecified atom stereocenters. The summed E-state index contributed by atoms with van der Waals surface area (Å²) >= 11 is 5.59. The highest BCUT2D eigenvalue weighted by molar-refractivity contribution is 6.17. The molecule has 13 heavy (non-hydrogen) atoms. The van der Waals surface area contributed by atoms with Crippen molar-refractivity contribution in [2.24, 2.45) is 0 Å². The molecule has 0 atom stereocenters. The van der Waals surface area contributed by atoms with Crippen molar-refractivity contribution < 1.29 is 0 Å². The molecule has 0 heterocycles. The number of hydrogen-bond donors (Lipinski definition) is 0. The largest absolute Gasteiger partial charge is 0.127 e. The third-order valence-electron chi connectivity index (χ3n) is 2.13. The first-order valence-corrected chi connectivity index (χ1v) is 6.16. The second-order valence-electron chi connectivity index (χ2n) is 3.51. The molecule has 0 aromatic carbocycles. The van der Waals surface area contributed by atoms with Crippen LogP contribution in [0, 0.1) is 0 Å². The number of unbranched alkanes of at least 4 members (excludes halogenated alkanes) is 6. The van der Waals surface area contributed by atoms with E-state index in [1.807, 2.05) is 0 Å². The summed E-state index contributed by atoms with van der Waals surface area (Å²) in [4.78, 5) is 0. The molecule has 0 spiro atoms. The van der Waals surface area contributed by atoms with E-state index < -0.39 is 0 Å². The van der Waals surface area contributed by atoms with Gasteiger partial charge in [0.25, 0.3) is 0 Å². The summed E-state index contributed by atoms with van der Waals surface area (Å²) in [5.41, 5.74) is 0. The van der Waals surface area contributed by atoms with E-state index in [1.165, 1.54) is 51.4 Å². The lowest BCUT2D eigenvalue weighted by molar-refractivity contribution is 0.638. The molecule has 78 valence electrons. The standard InChI is InChI=1S/C12H23Cl/c1-2-3-4-5-6-7-8-9-10-11-12-13/h4-5H,2-3,6-12H2,1H3/b5-4-. The lowest BCUT2D eigenvalue weighted by atomic mass is 10.1. The SMILES string of the molecule is CCC/C=C\CCCCCCCCl. The van der Waals surface area contributed by atoms with E-state index in [4.69, 9.17) is 11.6 Å². The molecule has 0 radical (unpaired) electrons. The highest BCUT2D eigenvalue weighted by atomic mass is 35.5. The van der Waals surface area contributed by atoms with Crippen molar-refractivity contribution in [3.8, 4) is 0 Å². The molecule has 0 aromatic rings. The second kappa shape index (κ2) is 12.0. The lowest BCUT2D eigenvalue weighted by Crippen LogP contribution is -1.79. The van der Waals surface area contributed by atoms with Gasteiger partial charge >= 0.3 is 0 Å². The summed E-state index contributed by atoms with van der Waals surface area (Å²) in [6, 6.07) is 0. The fourth-order valence-corrected chi connectivity index (χ4v) is 1.48. The summed E-state index contributed by atoms with van der Waals surface area (Å²) in [6.07, 6.45) is 15.0. The summed E-state index contributed by atoms with van der Waals surface area (Å²) < 4.78 is 0. The van der Waals surface area contributed by atoms with Gasteiger partial charge in [0.15, 0.2) is 0 Å². The van der Waals surface area contributed by atoms with Gasteiger partial charge in [0.2, 0.25) is 0 Å². The molecule has 0 nitrogen and oxygen atoms in total. The van der Waals surface area contributed by atoms with Gasteiger partial charge in [-0.3, -0.25) is 0 Å². The molecule has 0 fully saturated rings. The van der Waals surface area contributed by atoms with Crippen molar-refractivity contribution in [3.05, 3.63) is 12.2 Å². The van der Waals surface area contributed by atoms with Crippen LogP contribution in [-0.4, -0.2) is 5.88 Å². The van der Waals surface area contributed by atoms with Crippen molar-refractivity contribution in [3.63, 3.8) is 0 Å². The molecular formula is C12H23Cl. The van der Waals surface area contributed by atoms with Gasteiger partial charge in [-0.15, -0.1) is 11.6 Å². The Kier molecular flexibility index (Phi) is 12.1. The maximum atomic E-state index is 5.59. The van der Waals surface area contributed by atoms with Crippen LogP contribution >= 0.6 is 11.6 Å². The van der Waals surface area contributed by atoms with Gasteiger partial charge in [-0.1, -0.05) is 44.8 Å². The monoisotopic (exact) mass is 202 g/mol. The third-order valence-corrected chi connectivity index (χ3v) is 2.39. The predicted molar refractivity (Wildman–Crippen MR) is 62.5 cm³/mol. The maximum absolute atomic E-state index is 5.59. The number of allylic oxidation sites excluding steroid dienone is 2. The van der Waals surface area contributed by atoms with E-state index in [-0.39, 0.29) is 0 Å². The van der Waals surface area contributed by atoms with Gasteiger partial charge in [-0.05, 0) is 25.7 Å². The molecule has 0 saturated carbocycles. The van der Waals surface area contributed by atoms with Crippen LogP contribution in [0.5, 0.6) is 0 Å². The second-order valence-corrected chi connectivity index (χ2v) is 3.88. The van der Waals surface area contributed by atoms with Crippen LogP contribution in [0.4, 0.5) is 0 Å². The number of hydrogen-bond acceptors (Lipinski definition) is 0. The Bertz CT molecular complexity index is 108. The first-order chi connectivity index (χ1) is 6.41. The van der Waals surface area contributed by atoms with E-state index in [0.29, 0.717) is 0 Å². The predicted octanol–water partition coefficient (Wildman–Crippen LogP) is 4.92. The molecule has 0 aromatic heterocycles. The first-order valence-electron chi connectivity index (χ1n) is 5.62. The Morgan fingerprint density at radius 3 is 2.15 bits per heavy atom. The Hall–Kier alpha value is 0.0300. The van der Waals surface area contributed by atoms with Crippen molar-refractivity contribution >= 4 is 11.6 Å². The van der Waals surface area contributed by atoms with Crippen LogP contribution in [0.2, 0.25) is 0 Å². The molecule has 0 aliphatic carbocycles. The average molecular weight is 203 g/mol. The summed E-state index contributed by atoms with van der Waals surface area (Å²) in [6.45, 7) is 2.22. The summed E-state index contributed by atoms with van der Waals surface area (Å²) in [5.74, 6) is 0.830. The van der Waals surface area contributed by atoms with E-state index in [9.17, 15) is 0 Å². The third kappa shape index (κ3) is 12.0. The molecule has 0 rings (SSSR count). The Balaban J connectivity index is 2.91. The van der Waals surface area contributed by atoms with Crippen LogP contribution in [0.25, 0.3) is 0 Å². The fourth-order valence-electron chi connectivity index (χ4n) is 1.29. The lowest BCUT2D eigenvalue weighted by Gasteiger charge is -1.96. The van der Waals surface area contributed by atoms with Crippen molar-refractivity contribution in [1.82, 2.24) is 0 Å². The number of alkyl halides is 1. The van der Waals surface area contributed by atoms with Crippen molar-refractivity contribution in [2.45, 2.75) is 58.3 Å². The minimum Gasteiger partial charge on any atom is -0.127 e. The quantitative estimate of drug-likeness (QED) is 0.283. The normalized spacial score (nSPS) is 11.2. The van der Waals surface area contributed by atoms with Crippen LogP contribution in [-0.2, 0) is 0 Å². The molecular weight excluding hydrogens is 180 g/mol. The van der Waals surface area contributed by atoms with Gasteiger partial charge in [-0.2, -0.15) is 0 Å². The zero-order valence-corrected chi connectivity index (χ0v) is 9.65. The molecule has 1 heteroatoms. The molecule has 0 aliphatic rings. The average Bonchev–Trinajstić information content (AvgIpc) is 2.16. The Morgan fingerprint density at radius 1 is 0.846 bits per heavy atom. The van der Waals surface area contributed by atoms with E-state index in [1.54, 1.807) is 0 Å². The minimum atomic E-state index is 0.830. The van der Waals surface area contributed by atoms with Gasteiger partial charge in [0, 0.05) is 5.88 Å². The van der Waals surface area contributed by atoms with Gasteiger partial charge in [0.1, 0.15) is 0 Å². The summed E-state index contributed by atoms with van der Waals surface area (Å²) in [7, 11) is 0. The smallest absolute Gasteiger partial charge is 0.0223 e. The zero-order chi connectivity index (χ0) is 9.78. The highest BCUT2D eigenvalue weighted by Crippen LogP contribution is 2.06. The van der Waals surface area contributed by atoms with Crippen molar-refractivity contribution in [1.29, 1.82) is 0 Å². The van der Waals surface area contributed by atoms with E-state index in [0.717, 1.165) is 5.88 Å². The Morgan fingerprint density at radius 2 is 1.46 bits per heavy atom.